The molecule has 0 aliphatic rings. The molecule has 0 heterocycles. The van der Waals surface area contributed by atoms with Gasteiger partial charge in [0.15, 0.2) is 6.61 Å². The van der Waals surface area contributed by atoms with Gasteiger partial charge in [-0.15, -0.1) is 0 Å². The number of hydrogen-bond acceptors (Lipinski definition) is 4. The predicted molar refractivity (Wildman–Crippen MR) is 149 cm³/mol. The van der Waals surface area contributed by atoms with Crippen molar-refractivity contribution in [2.24, 2.45) is 0 Å². The number of amides is 2. The van der Waals surface area contributed by atoms with Gasteiger partial charge in [0.05, 0.1) is 20.1 Å². The van der Waals surface area contributed by atoms with E-state index in [1.54, 1.807) is 12.0 Å². The van der Waals surface area contributed by atoms with Crippen molar-refractivity contribution in [2.45, 2.75) is 19.4 Å². The lowest BCUT2D eigenvalue weighted by Gasteiger charge is -2.23. The van der Waals surface area contributed by atoms with Gasteiger partial charge in [0, 0.05) is 12.2 Å². The Morgan fingerprint density at radius 2 is 1.34 bits per heavy atom. The van der Waals surface area contributed by atoms with Crippen molar-refractivity contribution < 1.29 is 19.1 Å². The Bertz CT molecular complexity index is 1290. The number of benzene rings is 4. The Balaban J connectivity index is 1.35. The molecule has 0 radical (unpaired) electrons. The Hall–Kier alpha value is -4.58. The highest BCUT2D eigenvalue weighted by molar-refractivity contribution is 5.94. The lowest BCUT2D eigenvalue weighted by atomic mass is 10.1. The van der Waals surface area contributed by atoms with Crippen molar-refractivity contribution in [2.75, 3.05) is 25.2 Å². The molecule has 194 valence electrons. The van der Waals surface area contributed by atoms with Gasteiger partial charge in [0.2, 0.25) is 5.91 Å². The largest absolute Gasteiger partial charge is 0.497 e. The maximum Gasteiger partial charge on any atom is 0.265 e. The number of methoxy groups -OCH3 is 1. The summed E-state index contributed by atoms with van der Waals surface area (Å²) in [5.74, 6) is 1.27. The summed E-state index contributed by atoms with van der Waals surface area (Å²) in [4.78, 5) is 27.4. The van der Waals surface area contributed by atoms with Gasteiger partial charge in [-0.25, -0.2) is 0 Å². The molecule has 0 fully saturated rings. The smallest absolute Gasteiger partial charge is 0.265 e. The molecule has 0 aliphatic heterocycles. The first kappa shape index (κ1) is 26.5. The molecule has 6 heteroatoms. The maximum absolute atomic E-state index is 13.2. The zero-order chi connectivity index (χ0) is 26.6. The van der Waals surface area contributed by atoms with Crippen LogP contribution in [0.4, 0.5) is 5.69 Å². The molecule has 0 atom stereocenters. The molecule has 0 saturated carbocycles. The minimum atomic E-state index is -0.151. The molecule has 1 N–H and O–H groups in total. The van der Waals surface area contributed by atoms with E-state index in [4.69, 9.17) is 9.47 Å². The molecule has 2 amide bonds. The normalized spacial score (nSPS) is 10.4. The number of para-hydroxylation sites is 1. The quantitative estimate of drug-likeness (QED) is 0.285. The third kappa shape index (κ3) is 7.96. The summed E-state index contributed by atoms with van der Waals surface area (Å²) in [5.41, 5.74) is 3.78. The van der Waals surface area contributed by atoms with Crippen molar-refractivity contribution in [3.63, 3.8) is 0 Å². The monoisotopic (exact) mass is 508 g/mol. The fourth-order valence-corrected chi connectivity index (χ4v) is 4.01. The zero-order valence-electron chi connectivity index (χ0n) is 21.5. The molecule has 0 aromatic heterocycles. The van der Waals surface area contributed by atoms with E-state index in [-0.39, 0.29) is 24.8 Å². The topological polar surface area (TPSA) is 67.9 Å². The van der Waals surface area contributed by atoms with E-state index in [0.717, 1.165) is 34.5 Å². The first-order valence-corrected chi connectivity index (χ1v) is 12.6. The molecule has 0 bridgehead atoms. The third-order valence-corrected chi connectivity index (χ3v) is 6.10. The fraction of sp³-hybridized carbons (Fsp3) is 0.188. The van der Waals surface area contributed by atoms with E-state index in [2.05, 4.69) is 5.32 Å². The lowest BCUT2D eigenvalue weighted by Crippen LogP contribution is -2.34. The molecular formula is C32H32N2O4. The van der Waals surface area contributed by atoms with E-state index in [1.807, 2.05) is 109 Å². The van der Waals surface area contributed by atoms with Crippen LogP contribution < -0.4 is 19.7 Å². The zero-order valence-corrected chi connectivity index (χ0v) is 21.5. The standard InChI is InChI=1S/C32H32N2O4/c1-37-29-18-14-25(15-19-29)20-21-33-31(35)22-26-12-16-28(17-13-26)34(23-27-8-4-2-5-9-27)32(36)24-38-30-10-6-3-7-11-30/h2-19H,20-24H2,1H3,(H,33,35). The van der Waals surface area contributed by atoms with Gasteiger partial charge in [0.25, 0.3) is 5.91 Å². The molecule has 38 heavy (non-hydrogen) atoms. The average molecular weight is 509 g/mol. The Labute approximate surface area is 223 Å². The van der Waals surface area contributed by atoms with Crippen LogP contribution in [-0.4, -0.2) is 32.1 Å². The molecule has 0 unspecified atom stereocenters. The minimum absolute atomic E-state index is 0.0419. The summed E-state index contributed by atoms with van der Waals surface area (Å²) in [6.45, 7) is 0.905. The molecule has 0 spiro atoms. The number of carbonyl (C=O) groups is 2. The first-order valence-electron chi connectivity index (χ1n) is 12.6. The van der Waals surface area contributed by atoms with Crippen LogP contribution in [0, 0.1) is 0 Å². The van der Waals surface area contributed by atoms with Crippen LogP contribution in [0.25, 0.3) is 0 Å². The van der Waals surface area contributed by atoms with E-state index < -0.39 is 0 Å². The Kier molecular flexibility index (Phi) is 9.51. The second kappa shape index (κ2) is 13.7. The van der Waals surface area contributed by atoms with Crippen molar-refractivity contribution in [1.29, 1.82) is 0 Å². The van der Waals surface area contributed by atoms with Gasteiger partial charge in [-0.3, -0.25) is 9.59 Å². The molecule has 0 aliphatic carbocycles. The van der Waals surface area contributed by atoms with E-state index >= 15 is 0 Å². The predicted octanol–water partition coefficient (Wildman–Crippen LogP) is 5.21. The second-order valence-corrected chi connectivity index (χ2v) is 8.86. The lowest BCUT2D eigenvalue weighted by molar-refractivity contribution is -0.121. The minimum Gasteiger partial charge on any atom is -0.497 e. The number of rotatable bonds is 12. The molecule has 4 rings (SSSR count). The van der Waals surface area contributed by atoms with Gasteiger partial charge >= 0.3 is 0 Å². The fourth-order valence-electron chi connectivity index (χ4n) is 4.01. The van der Waals surface area contributed by atoms with Gasteiger partial charge in [-0.2, -0.15) is 0 Å². The van der Waals surface area contributed by atoms with Gasteiger partial charge in [0.1, 0.15) is 11.5 Å². The number of nitrogens with one attached hydrogen (secondary N) is 1. The van der Waals surface area contributed by atoms with Crippen molar-refractivity contribution in [3.8, 4) is 11.5 Å². The van der Waals surface area contributed by atoms with Crippen LogP contribution in [0.15, 0.2) is 109 Å². The summed E-state index contributed by atoms with van der Waals surface area (Å²) < 4.78 is 10.9. The number of hydrogen-bond donors (Lipinski definition) is 1. The van der Waals surface area contributed by atoms with E-state index in [1.165, 1.54) is 0 Å². The molecule has 0 saturated heterocycles. The van der Waals surface area contributed by atoms with Crippen LogP contribution in [0.3, 0.4) is 0 Å². The van der Waals surface area contributed by atoms with Gasteiger partial charge in [-0.05, 0) is 59.5 Å². The van der Waals surface area contributed by atoms with Crippen LogP contribution in [-0.2, 0) is 29.0 Å². The van der Waals surface area contributed by atoms with Crippen LogP contribution >= 0.6 is 0 Å². The second-order valence-electron chi connectivity index (χ2n) is 8.86. The summed E-state index contributed by atoms with van der Waals surface area (Å²) in [6, 6.07) is 34.5. The first-order chi connectivity index (χ1) is 18.6. The number of carbonyl (C=O) groups excluding carboxylic acids is 2. The van der Waals surface area contributed by atoms with E-state index in [0.29, 0.717) is 18.8 Å². The summed E-state index contributed by atoms with van der Waals surface area (Å²) in [7, 11) is 1.64. The van der Waals surface area contributed by atoms with Crippen molar-refractivity contribution in [3.05, 3.63) is 126 Å². The Morgan fingerprint density at radius 1 is 0.711 bits per heavy atom. The number of anilines is 1. The molecule has 4 aromatic carbocycles. The highest BCUT2D eigenvalue weighted by Crippen LogP contribution is 2.20. The van der Waals surface area contributed by atoms with E-state index in [9.17, 15) is 9.59 Å². The number of ether oxygens (including phenoxy) is 2. The third-order valence-electron chi connectivity index (χ3n) is 6.10. The Morgan fingerprint density at radius 3 is 2.00 bits per heavy atom. The molecular weight excluding hydrogens is 476 g/mol. The summed E-state index contributed by atoms with van der Waals surface area (Å²) in [5, 5.41) is 2.98. The van der Waals surface area contributed by atoms with Crippen LogP contribution in [0.1, 0.15) is 16.7 Å². The number of nitrogens with zero attached hydrogens (tertiary/aromatic N) is 1. The van der Waals surface area contributed by atoms with Gasteiger partial charge in [-0.1, -0.05) is 72.8 Å². The SMILES string of the molecule is COc1ccc(CCNC(=O)Cc2ccc(N(Cc3ccccc3)C(=O)COc3ccccc3)cc2)cc1. The average Bonchev–Trinajstić information content (AvgIpc) is 2.96. The van der Waals surface area contributed by atoms with Crippen LogP contribution in [0.5, 0.6) is 11.5 Å². The van der Waals surface area contributed by atoms with Gasteiger partial charge < -0.3 is 19.7 Å². The summed E-state index contributed by atoms with van der Waals surface area (Å²) >= 11 is 0. The highest BCUT2D eigenvalue weighted by atomic mass is 16.5. The maximum atomic E-state index is 13.2. The molecule has 6 nitrogen and oxygen atoms in total. The van der Waals surface area contributed by atoms with Crippen molar-refractivity contribution >= 4 is 17.5 Å². The highest BCUT2D eigenvalue weighted by Gasteiger charge is 2.17. The molecule has 4 aromatic rings. The van der Waals surface area contributed by atoms with Crippen molar-refractivity contribution in [1.82, 2.24) is 5.32 Å². The van der Waals surface area contributed by atoms with Crippen LogP contribution in [0.2, 0.25) is 0 Å². The summed E-state index contributed by atoms with van der Waals surface area (Å²) in [6.07, 6.45) is 1.02.